The maximum atomic E-state index is 13.5. The van der Waals surface area contributed by atoms with Gasteiger partial charge >= 0.3 is 0 Å². The second-order valence-electron chi connectivity index (χ2n) is 9.33. The largest absolute Gasteiger partial charge is 0.345 e. The molecule has 3 aromatic rings. The normalized spacial score (nSPS) is 14.8. The first kappa shape index (κ1) is 27.7. The van der Waals surface area contributed by atoms with Crippen LogP contribution in [0.3, 0.4) is 0 Å². The Hall–Kier alpha value is -3.30. The van der Waals surface area contributed by atoms with E-state index >= 15 is 0 Å². The second-order valence-corrected chi connectivity index (χ2v) is 11.9. The highest BCUT2D eigenvalue weighted by atomic mass is 32.2. The summed E-state index contributed by atoms with van der Waals surface area (Å²) in [6, 6.07) is 20.4. The van der Waals surface area contributed by atoms with E-state index in [1.165, 1.54) is 23.9 Å². The van der Waals surface area contributed by atoms with Crippen molar-refractivity contribution in [3.63, 3.8) is 0 Å². The molecule has 0 aliphatic carbocycles. The zero-order valence-corrected chi connectivity index (χ0v) is 23.3. The van der Waals surface area contributed by atoms with Gasteiger partial charge in [-0.25, -0.2) is 8.42 Å². The Bertz CT molecular complexity index is 1390. The summed E-state index contributed by atoms with van der Waals surface area (Å²) in [5, 5.41) is 2.93. The van der Waals surface area contributed by atoms with E-state index in [0.717, 1.165) is 36.1 Å². The number of anilines is 1. The molecule has 1 fully saturated rings. The van der Waals surface area contributed by atoms with Gasteiger partial charge < -0.3 is 10.2 Å². The summed E-state index contributed by atoms with van der Waals surface area (Å²) >= 11 is 1.41. The van der Waals surface area contributed by atoms with E-state index in [9.17, 15) is 18.0 Å². The summed E-state index contributed by atoms with van der Waals surface area (Å²) in [5.74, 6) is -0.544. The highest BCUT2D eigenvalue weighted by molar-refractivity contribution is 7.98. The topological polar surface area (TPSA) is 95.6 Å². The van der Waals surface area contributed by atoms with Crippen molar-refractivity contribution in [1.29, 1.82) is 0 Å². The molecule has 0 spiro atoms. The van der Waals surface area contributed by atoms with Crippen LogP contribution in [-0.2, 0) is 10.0 Å². The van der Waals surface area contributed by atoms with E-state index < -0.39 is 15.9 Å². The molecule has 7 nitrogen and oxygen atoms in total. The van der Waals surface area contributed by atoms with Gasteiger partial charge in [0.2, 0.25) is 0 Å². The fourth-order valence-electron chi connectivity index (χ4n) is 4.54. The predicted octanol–water partition coefficient (Wildman–Crippen LogP) is 5.72. The average molecular weight is 552 g/mol. The number of amides is 2. The molecule has 1 heterocycles. The molecule has 0 saturated carbocycles. The summed E-state index contributed by atoms with van der Waals surface area (Å²) in [4.78, 5) is 29.0. The molecule has 200 valence electrons. The van der Waals surface area contributed by atoms with Crippen molar-refractivity contribution in [2.24, 2.45) is 0 Å². The van der Waals surface area contributed by atoms with Gasteiger partial charge in [0, 0.05) is 18.0 Å². The summed E-state index contributed by atoms with van der Waals surface area (Å²) in [6.45, 7) is 3.22. The lowest BCUT2D eigenvalue weighted by atomic mass is 10.1. The van der Waals surface area contributed by atoms with E-state index in [1.54, 1.807) is 30.3 Å². The molecular weight excluding hydrogens is 518 g/mol. The van der Waals surface area contributed by atoms with Gasteiger partial charge in [-0.3, -0.25) is 14.3 Å². The number of carbonyl (C=O) groups excluding carboxylic acids is 2. The van der Waals surface area contributed by atoms with Crippen molar-refractivity contribution in [1.82, 2.24) is 10.2 Å². The van der Waals surface area contributed by atoms with Crippen LogP contribution in [0.4, 0.5) is 5.69 Å². The van der Waals surface area contributed by atoms with Crippen molar-refractivity contribution < 1.29 is 18.0 Å². The average Bonchev–Trinajstić information content (AvgIpc) is 3.22. The number of carbonyl (C=O) groups is 2. The number of thioether (sulfide) groups is 1. The van der Waals surface area contributed by atoms with E-state index in [0.29, 0.717) is 18.7 Å². The summed E-state index contributed by atoms with van der Waals surface area (Å²) in [5.41, 5.74) is 1.69. The predicted molar refractivity (Wildman–Crippen MR) is 152 cm³/mol. The number of likely N-dealkylation sites (tertiary alicyclic amines) is 1. The van der Waals surface area contributed by atoms with Gasteiger partial charge in [-0.2, -0.15) is 0 Å². The van der Waals surface area contributed by atoms with Crippen molar-refractivity contribution in [2.45, 2.75) is 48.4 Å². The van der Waals surface area contributed by atoms with Crippen molar-refractivity contribution in [3.8, 4) is 0 Å². The van der Waals surface area contributed by atoms with Crippen LogP contribution >= 0.6 is 11.8 Å². The van der Waals surface area contributed by atoms with Crippen molar-refractivity contribution in [2.75, 3.05) is 24.1 Å². The molecule has 0 radical (unpaired) electrons. The fraction of sp³-hybridized carbons (Fsp3) is 0.310. The minimum atomic E-state index is -4.08. The molecule has 4 rings (SSSR count). The number of benzene rings is 3. The quantitative estimate of drug-likeness (QED) is 0.349. The van der Waals surface area contributed by atoms with E-state index in [2.05, 4.69) is 10.0 Å². The number of hydrogen-bond donors (Lipinski definition) is 2. The second kappa shape index (κ2) is 12.5. The molecular formula is C29H33N3O4S2. The van der Waals surface area contributed by atoms with Crippen LogP contribution in [0.1, 0.15) is 64.9 Å². The highest BCUT2D eigenvalue weighted by Crippen LogP contribution is 2.28. The third-order valence-corrected chi connectivity index (χ3v) is 8.83. The lowest BCUT2D eigenvalue weighted by molar-refractivity contribution is 0.0757. The van der Waals surface area contributed by atoms with Gasteiger partial charge in [-0.05, 0) is 61.9 Å². The minimum Gasteiger partial charge on any atom is -0.345 e. The number of para-hydroxylation sites is 1. The van der Waals surface area contributed by atoms with E-state index in [4.69, 9.17) is 0 Å². The molecule has 1 aliphatic heterocycles. The number of rotatable bonds is 8. The molecule has 1 saturated heterocycles. The Morgan fingerprint density at radius 1 is 0.868 bits per heavy atom. The third kappa shape index (κ3) is 6.57. The zero-order chi connectivity index (χ0) is 27.1. The molecule has 2 N–H and O–H groups in total. The van der Waals surface area contributed by atoms with Crippen molar-refractivity contribution >= 4 is 39.3 Å². The number of sulfonamides is 1. The number of hydrogen-bond acceptors (Lipinski definition) is 5. The van der Waals surface area contributed by atoms with Gasteiger partial charge in [-0.1, -0.05) is 55.3 Å². The Labute approximate surface area is 229 Å². The van der Waals surface area contributed by atoms with E-state index in [1.807, 2.05) is 48.4 Å². The monoisotopic (exact) mass is 551 g/mol. The van der Waals surface area contributed by atoms with Gasteiger partial charge in [-0.15, -0.1) is 11.8 Å². The number of nitrogens with zero attached hydrogens (tertiary/aromatic N) is 1. The molecule has 1 aliphatic rings. The summed E-state index contributed by atoms with van der Waals surface area (Å²) < 4.78 is 29.5. The fourth-order valence-corrected chi connectivity index (χ4v) is 6.21. The van der Waals surface area contributed by atoms with Gasteiger partial charge in [0.1, 0.15) is 0 Å². The summed E-state index contributed by atoms with van der Waals surface area (Å²) in [7, 11) is -4.08. The Kier molecular flexibility index (Phi) is 9.12. The molecule has 3 aromatic carbocycles. The lowest BCUT2D eigenvalue weighted by Crippen LogP contribution is -2.32. The molecule has 1 atom stereocenters. The maximum absolute atomic E-state index is 13.5. The first-order chi connectivity index (χ1) is 18.3. The SMILES string of the molecule is CSc1ccc(S(=O)(=O)Nc2ccccc2C(=O)N[C@H](C)c2ccccc2)cc1C(=O)N1CCCCCC1. The first-order valence-electron chi connectivity index (χ1n) is 12.7. The molecule has 0 bridgehead atoms. The van der Waals surface area contributed by atoms with Crippen LogP contribution in [0.2, 0.25) is 0 Å². The minimum absolute atomic E-state index is 0.0265. The molecule has 9 heteroatoms. The van der Waals surface area contributed by atoms with Crippen LogP contribution in [0.15, 0.2) is 82.6 Å². The third-order valence-electron chi connectivity index (χ3n) is 6.67. The van der Waals surface area contributed by atoms with Gasteiger partial charge in [0.25, 0.3) is 21.8 Å². The van der Waals surface area contributed by atoms with Crippen molar-refractivity contribution in [3.05, 3.63) is 89.5 Å². The van der Waals surface area contributed by atoms with Gasteiger partial charge in [0.15, 0.2) is 0 Å². The lowest BCUT2D eigenvalue weighted by Gasteiger charge is -2.22. The Balaban J connectivity index is 1.58. The molecule has 0 aromatic heterocycles. The van der Waals surface area contributed by atoms with E-state index in [-0.39, 0.29) is 28.1 Å². The summed E-state index contributed by atoms with van der Waals surface area (Å²) in [6.07, 6.45) is 5.94. The van der Waals surface area contributed by atoms with Crippen LogP contribution < -0.4 is 10.0 Å². The standard InChI is InChI=1S/C29H33N3O4S2/c1-21(22-12-6-5-7-13-22)30-28(33)24-14-8-9-15-26(24)31-38(35,36)23-16-17-27(37-2)25(20-23)29(34)32-18-10-3-4-11-19-32/h5-9,12-17,20-21,31H,3-4,10-11,18-19H2,1-2H3,(H,30,33)/t21-/m1/s1. The zero-order valence-electron chi connectivity index (χ0n) is 21.6. The van der Waals surface area contributed by atoms with Crippen LogP contribution in [0, 0.1) is 0 Å². The van der Waals surface area contributed by atoms with Crippen LogP contribution in [-0.4, -0.2) is 44.5 Å². The first-order valence-corrected chi connectivity index (χ1v) is 15.5. The Morgan fingerprint density at radius 3 is 2.21 bits per heavy atom. The van der Waals surface area contributed by atoms with Crippen LogP contribution in [0.25, 0.3) is 0 Å². The highest BCUT2D eigenvalue weighted by Gasteiger charge is 2.25. The molecule has 0 unspecified atom stereocenters. The number of nitrogens with one attached hydrogen (secondary N) is 2. The maximum Gasteiger partial charge on any atom is 0.261 e. The van der Waals surface area contributed by atoms with Crippen LogP contribution in [0.5, 0.6) is 0 Å². The van der Waals surface area contributed by atoms with Gasteiger partial charge in [0.05, 0.1) is 27.8 Å². The smallest absolute Gasteiger partial charge is 0.261 e. The Morgan fingerprint density at radius 2 is 1.53 bits per heavy atom. The molecule has 38 heavy (non-hydrogen) atoms. The molecule has 2 amide bonds.